The van der Waals surface area contributed by atoms with Crippen LogP contribution >= 0.6 is 0 Å². The highest BCUT2D eigenvalue weighted by Crippen LogP contribution is 2.55. The minimum Gasteiger partial charge on any atom is -0.211 e. The summed E-state index contributed by atoms with van der Waals surface area (Å²) < 4.78 is 0. The average Bonchev–Trinajstić information content (AvgIpc) is 3.49. The normalized spacial score (nSPS) is 13.1. The summed E-state index contributed by atoms with van der Waals surface area (Å²) in [7, 11) is 0. The van der Waals surface area contributed by atoms with E-state index in [0.29, 0.717) is 17.5 Å². The van der Waals surface area contributed by atoms with E-state index in [0.717, 1.165) is 27.5 Å². The maximum absolute atomic E-state index is 5.57. The fourth-order valence-electron chi connectivity index (χ4n) is 7.96. The van der Waals surface area contributed by atoms with Gasteiger partial charge in [-0.05, 0) is 72.3 Å². The zero-order chi connectivity index (χ0) is 32.4. The van der Waals surface area contributed by atoms with Crippen LogP contribution in [0.25, 0.3) is 66.2 Å². The third kappa shape index (κ3) is 4.12. The van der Waals surface area contributed by atoms with E-state index in [9.17, 15) is 0 Å². The smallest absolute Gasteiger partial charge is 0.164 e. The van der Waals surface area contributed by atoms with Crippen LogP contribution in [0.3, 0.4) is 0 Å². The molecule has 0 saturated carbocycles. The maximum Gasteiger partial charge on any atom is 0.164 e. The lowest BCUT2D eigenvalue weighted by Crippen LogP contribution is -2.31. The van der Waals surface area contributed by atoms with Crippen LogP contribution in [-0.4, -0.2) is 15.0 Å². The summed E-state index contributed by atoms with van der Waals surface area (Å²) in [6.45, 7) is 0. The van der Waals surface area contributed by atoms with Crippen LogP contribution in [0.5, 0.6) is 0 Å². The van der Waals surface area contributed by atoms with Gasteiger partial charge in [0.2, 0.25) is 0 Å². The lowest BCUT2D eigenvalue weighted by molar-refractivity contribution is 0.693. The summed E-state index contributed by atoms with van der Waals surface area (Å²) in [5.41, 5.74) is 7.02. The first-order valence-electron chi connectivity index (χ1n) is 16.7. The zero-order valence-electron chi connectivity index (χ0n) is 26.6. The van der Waals surface area contributed by atoms with Crippen molar-refractivity contribution in [3.63, 3.8) is 0 Å². The molecule has 0 saturated heterocycles. The first kappa shape index (κ1) is 27.6. The molecule has 0 bridgehead atoms. The van der Waals surface area contributed by atoms with Crippen LogP contribution < -0.4 is 0 Å². The molecule has 0 atom stereocenters. The van der Waals surface area contributed by atoms with Gasteiger partial charge in [0.15, 0.2) is 17.5 Å². The Labute approximate surface area is 284 Å². The SMILES string of the molecule is c1ccc(-c2nc(-c3cc4ccccc4c4ccccc34)nc(C3(c4ccc5ccccc5c4)c4ccccc4-c4ccccc43)n2)cc1. The molecule has 1 aliphatic rings. The Morgan fingerprint density at radius 1 is 0.347 bits per heavy atom. The molecule has 1 aliphatic carbocycles. The van der Waals surface area contributed by atoms with E-state index < -0.39 is 5.41 Å². The molecule has 3 nitrogen and oxygen atoms in total. The van der Waals surface area contributed by atoms with Crippen LogP contribution in [0.1, 0.15) is 22.5 Å². The van der Waals surface area contributed by atoms with Crippen LogP contribution in [0.2, 0.25) is 0 Å². The standard InChI is InChI=1S/C46H29N3/c1-2-15-31(16-3-1)43-47-44(40-29-33-18-6-7-19-35(33)36-20-8-9-21-37(36)40)49-45(48-43)46(34-27-26-30-14-4-5-17-32(30)28-34)41-24-12-10-22-38(41)39-23-11-13-25-42(39)46/h1-29H. The molecule has 8 aromatic carbocycles. The Morgan fingerprint density at radius 3 is 1.67 bits per heavy atom. The van der Waals surface area contributed by atoms with Crippen molar-refractivity contribution in [2.45, 2.75) is 5.41 Å². The van der Waals surface area contributed by atoms with Crippen molar-refractivity contribution in [1.29, 1.82) is 0 Å². The summed E-state index contributed by atoms with van der Waals surface area (Å²) >= 11 is 0. The first-order chi connectivity index (χ1) is 24.3. The largest absolute Gasteiger partial charge is 0.211 e. The summed E-state index contributed by atoms with van der Waals surface area (Å²) in [4.78, 5) is 16.3. The average molecular weight is 624 g/mol. The fourth-order valence-corrected chi connectivity index (χ4v) is 7.96. The fraction of sp³-hybridized carbons (Fsp3) is 0.0217. The number of hydrogen-bond acceptors (Lipinski definition) is 3. The van der Waals surface area contributed by atoms with Gasteiger partial charge in [-0.3, -0.25) is 0 Å². The van der Waals surface area contributed by atoms with E-state index in [4.69, 9.17) is 15.0 Å². The number of benzene rings is 8. The predicted molar refractivity (Wildman–Crippen MR) is 201 cm³/mol. The Balaban J connectivity index is 1.36. The summed E-state index contributed by atoms with van der Waals surface area (Å²) in [6, 6.07) is 62.5. The molecule has 0 radical (unpaired) electrons. The van der Waals surface area contributed by atoms with Gasteiger partial charge in [0.25, 0.3) is 0 Å². The first-order valence-corrected chi connectivity index (χ1v) is 16.7. The topological polar surface area (TPSA) is 38.7 Å². The van der Waals surface area contributed by atoms with Gasteiger partial charge in [-0.15, -0.1) is 0 Å². The third-order valence-electron chi connectivity index (χ3n) is 10.1. The van der Waals surface area contributed by atoms with E-state index in [2.05, 4.69) is 158 Å². The highest BCUT2D eigenvalue weighted by atomic mass is 15.0. The molecular weight excluding hydrogens is 595 g/mol. The lowest BCUT2D eigenvalue weighted by atomic mass is 9.71. The highest BCUT2D eigenvalue weighted by molar-refractivity contribution is 6.13. The Hall–Kier alpha value is -6.45. The summed E-state index contributed by atoms with van der Waals surface area (Å²) in [5.74, 6) is 2.02. The molecule has 0 unspecified atom stereocenters. The second-order valence-electron chi connectivity index (χ2n) is 12.8. The monoisotopic (exact) mass is 623 g/mol. The summed E-state index contributed by atoms with van der Waals surface area (Å²) in [6.07, 6.45) is 0. The maximum atomic E-state index is 5.57. The van der Waals surface area contributed by atoms with Crippen molar-refractivity contribution in [2.24, 2.45) is 0 Å². The highest BCUT2D eigenvalue weighted by Gasteiger charge is 2.49. The Bertz CT molecular complexity index is 2680. The molecule has 0 aliphatic heterocycles. The van der Waals surface area contributed by atoms with Gasteiger partial charge in [-0.2, -0.15) is 0 Å². The van der Waals surface area contributed by atoms with Crippen molar-refractivity contribution < 1.29 is 0 Å². The van der Waals surface area contributed by atoms with Crippen LogP contribution in [0.15, 0.2) is 176 Å². The van der Waals surface area contributed by atoms with Gasteiger partial charge in [0, 0.05) is 11.1 Å². The molecule has 0 fully saturated rings. The van der Waals surface area contributed by atoms with E-state index in [1.54, 1.807) is 0 Å². The molecule has 9 aromatic rings. The van der Waals surface area contributed by atoms with Gasteiger partial charge in [-0.1, -0.05) is 164 Å². The van der Waals surface area contributed by atoms with Gasteiger partial charge in [-0.25, -0.2) is 15.0 Å². The van der Waals surface area contributed by atoms with Gasteiger partial charge >= 0.3 is 0 Å². The number of hydrogen-bond donors (Lipinski definition) is 0. The van der Waals surface area contributed by atoms with Crippen molar-refractivity contribution in [1.82, 2.24) is 15.0 Å². The lowest BCUT2D eigenvalue weighted by Gasteiger charge is -2.32. The zero-order valence-corrected chi connectivity index (χ0v) is 26.6. The van der Waals surface area contributed by atoms with E-state index >= 15 is 0 Å². The predicted octanol–water partition coefficient (Wildman–Crippen LogP) is 11.0. The minimum absolute atomic E-state index is 0.653. The molecule has 10 rings (SSSR count). The minimum atomic E-state index is -0.787. The number of fused-ring (bicyclic) bond motifs is 7. The van der Waals surface area contributed by atoms with Crippen molar-refractivity contribution in [3.8, 4) is 33.9 Å². The quantitative estimate of drug-likeness (QED) is 0.183. The van der Waals surface area contributed by atoms with Gasteiger partial charge in [0.1, 0.15) is 5.41 Å². The van der Waals surface area contributed by atoms with E-state index in [1.165, 1.54) is 43.8 Å². The molecule has 1 heterocycles. The van der Waals surface area contributed by atoms with Crippen molar-refractivity contribution in [3.05, 3.63) is 198 Å². The molecule has 228 valence electrons. The van der Waals surface area contributed by atoms with Gasteiger partial charge in [0.05, 0.1) is 0 Å². The number of aromatic nitrogens is 3. The van der Waals surface area contributed by atoms with Crippen molar-refractivity contribution in [2.75, 3.05) is 0 Å². The molecule has 0 N–H and O–H groups in total. The molecule has 1 aromatic heterocycles. The van der Waals surface area contributed by atoms with E-state index in [1.807, 2.05) is 18.2 Å². The molecule has 3 heteroatoms. The summed E-state index contributed by atoms with van der Waals surface area (Å²) in [5, 5.41) is 7.04. The Kier molecular flexibility index (Phi) is 6.09. The molecule has 0 spiro atoms. The molecule has 49 heavy (non-hydrogen) atoms. The van der Waals surface area contributed by atoms with Crippen LogP contribution in [-0.2, 0) is 5.41 Å². The second-order valence-corrected chi connectivity index (χ2v) is 12.8. The number of rotatable bonds is 4. The molecular formula is C46H29N3. The Morgan fingerprint density at radius 2 is 0.918 bits per heavy atom. The van der Waals surface area contributed by atoms with E-state index in [-0.39, 0.29) is 0 Å². The second kappa shape index (κ2) is 10.8. The van der Waals surface area contributed by atoms with Crippen molar-refractivity contribution >= 4 is 32.3 Å². The third-order valence-corrected chi connectivity index (χ3v) is 10.1. The number of nitrogens with zero attached hydrogens (tertiary/aromatic N) is 3. The van der Waals surface area contributed by atoms with Crippen LogP contribution in [0, 0.1) is 0 Å². The molecule has 0 amide bonds. The van der Waals surface area contributed by atoms with Crippen LogP contribution in [0.4, 0.5) is 0 Å². The van der Waals surface area contributed by atoms with Gasteiger partial charge < -0.3 is 0 Å².